The van der Waals surface area contributed by atoms with Crippen LogP contribution in [0.2, 0.25) is 0 Å². The molecule has 0 N–H and O–H groups in total. The summed E-state index contributed by atoms with van der Waals surface area (Å²) in [6.07, 6.45) is 0. The maximum Gasteiger partial charge on any atom is 0.196 e. The molecular weight excluding hydrogens is 496 g/mol. The average Bonchev–Trinajstić information content (AvgIpc) is 3.70. The molecule has 0 fully saturated rings. The van der Waals surface area contributed by atoms with Gasteiger partial charge in [0.1, 0.15) is 25.3 Å². The molecular formula is C34H34N4O2. The minimum Gasteiger partial charge on any atom is -0.478 e. The number of aromatic nitrogens is 2. The van der Waals surface area contributed by atoms with Crippen LogP contribution in [0.25, 0.3) is 11.4 Å². The van der Waals surface area contributed by atoms with Gasteiger partial charge in [0.05, 0.1) is 33.6 Å². The molecule has 2 aromatic carbocycles. The summed E-state index contributed by atoms with van der Waals surface area (Å²) in [7, 11) is 0. The Kier molecular flexibility index (Phi) is 6.70. The topological polar surface area (TPSA) is 69.0 Å². The molecule has 6 nitrogen and oxygen atoms in total. The van der Waals surface area contributed by atoms with Crippen LogP contribution in [0.15, 0.2) is 107 Å². The van der Waals surface area contributed by atoms with Crippen LogP contribution < -0.4 is 0 Å². The largest absolute Gasteiger partial charge is 0.478 e. The van der Waals surface area contributed by atoms with Crippen LogP contribution in [0.5, 0.6) is 0 Å². The van der Waals surface area contributed by atoms with Crippen LogP contribution in [0, 0.1) is 0 Å². The first-order valence-corrected chi connectivity index (χ1v) is 13.8. The molecule has 2 aliphatic heterocycles. The van der Waals surface area contributed by atoms with Crippen molar-refractivity contribution in [3.05, 3.63) is 120 Å². The molecule has 0 saturated carbocycles. The molecule has 0 unspecified atom stereocenters. The molecule has 0 spiro atoms. The van der Waals surface area contributed by atoms with Crippen molar-refractivity contribution < 1.29 is 9.47 Å². The van der Waals surface area contributed by atoms with Crippen molar-refractivity contribution in [1.82, 2.24) is 9.97 Å². The lowest BCUT2D eigenvalue weighted by molar-refractivity contribution is 0.295. The van der Waals surface area contributed by atoms with Crippen molar-refractivity contribution >= 4 is 11.8 Å². The third-order valence-corrected chi connectivity index (χ3v) is 7.78. The Morgan fingerprint density at radius 2 is 0.925 bits per heavy atom. The molecule has 2 atom stereocenters. The van der Waals surface area contributed by atoms with Crippen LogP contribution in [-0.2, 0) is 20.3 Å². The Hall–Kier alpha value is -4.32. The standard InChI is InChI=1S/C34H34N4O2/c1-33(2,31-37-27(21-39-31)23-13-7-5-8-14-23)29-19-11-17-25(35-29)26-18-12-20-30(36-26)34(3,4)32-38-28(22-40-32)24-15-9-6-10-16-24/h5-20,27-28H,21-22H2,1-4H3/t27-,28-/m1/s1. The van der Waals surface area contributed by atoms with Crippen molar-refractivity contribution in [2.24, 2.45) is 9.98 Å². The molecule has 4 aromatic rings. The fourth-order valence-corrected chi connectivity index (χ4v) is 5.19. The van der Waals surface area contributed by atoms with Gasteiger partial charge in [0.25, 0.3) is 0 Å². The predicted molar refractivity (Wildman–Crippen MR) is 159 cm³/mol. The number of aliphatic imine (C=N–C) groups is 2. The van der Waals surface area contributed by atoms with Gasteiger partial charge in [0.2, 0.25) is 0 Å². The van der Waals surface area contributed by atoms with E-state index in [1.165, 1.54) is 0 Å². The lowest BCUT2D eigenvalue weighted by Crippen LogP contribution is -2.31. The molecule has 40 heavy (non-hydrogen) atoms. The Morgan fingerprint density at radius 1 is 0.525 bits per heavy atom. The second-order valence-corrected chi connectivity index (χ2v) is 11.4. The molecule has 2 aromatic heterocycles. The number of pyridine rings is 2. The van der Waals surface area contributed by atoms with Crippen molar-refractivity contribution in [3.8, 4) is 11.4 Å². The van der Waals surface area contributed by atoms with E-state index in [2.05, 4.69) is 52.0 Å². The zero-order chi connectivity index (χ0) is 27.7. The minimum absolute atomic E-state index is 0.00134. The van der Waals surface area contributed by atoms with Crippen LogP contribution >= 0.6 is 0 Å². The molecule has 6 heteroatoms. The number of hydrogen-bond acceptors (Lipinski definition) is 6. The summed E-state index contributed by atoms with van der Waals surface area (Å²) >= 11 is 0. The molecule has 0 aliphatic carbocycles. The maximum atomic E-state index is 6.11. The quantitative estimate of drug-likeness (QED) is 0.257. The van der Waals surface area contributed by atoms with Gasteiger partial charge in [-0.1, -0.05) is 72.8 Å². The molecule has 6 rings (SSSR count). The number of benzene rings is 2. The van der Waals surface area contributed by atoms with Gasteiger partial charge in [0, 0.05) is 0 Å². The normalized spacial score (nSPS) is 19.0. The molecule has 202 valence electrons. The first-order valence-electron chi connectivity index (χ1n) is 13.8. The van der Waals surface area contributed by atoms with Gasteiger partial charge in [0.15, 0.2) is 11.8 Å². The summed E-state index contributed by atoms with van der Waals surface area (Å²) in [4.78, 5) is 20.0. The van der Waals surface area contributed by atoms with E-state index in [0.29, 0.717) is 25.0 Å². The van der Waals surface area contributed by atoms with E-state index < -0.39 is 10.8 Å². The van der Waals surface area contributed by atoms with E-state index >= 15 is 0 Å². The van der Waals surface area contributed by atoms with Crippen LogP contribution in [0.3, 0.4) is 0 Å². The van der Waals surface area contributed by atoms with Gasteiger partial charge in [-0.05, 0) is 63.1 Å². The van der Waals surface area contributed by atoms with E-state index in [4.69, 9.17) is 29.4 Å². The second kappa shape index (κ2) is 10.3. The summed E-state index contributed by atoms with van der Waals surface area (Å²) in [6, 6.07) is 32.7. The smallest absolute Gasteiger partial charge is 0.196 e. The van der Waals surface area contributed by atoms with Gasteiger partial charge in [-0.15, -0.1) is 0 Å². The van der Waals surface area contributed by atoms with E-state index in [9.17, 15) is 0 Å². The predicted octanol–water partition coefficient (Wildman–Crippen LogP) is 7.04. The molecule has 4 heterocycles. The van der Waals surface area contributed by atoms with E-state index in [1.807, 2.05) is 72.8 Å². The number of nitrogens with zero attached hydrogens (tertiary/aromatic N) is 4. The fraction of sp³-hybridized carbons (Fsp3) is 0.294. The van der Waals surface area contributed by atoms with Gasteiger partial charge >= 0.3 is 0 Å². The lowest BCUT2D eigenvalue weighted by Gasteiger charge is -2.25. The SMILES string of the molecule is CC(C)(C1=N[C@@H](c2ccccc2)CO1)c1cccc(-c2cccc(C(C)(C)C3=N[C@@H](c4ccccc4)CO3)n2)n1. The van der Waals surface area contributed by atoms with E-state index in [-0.39, 0.29) is 12.1 Å². The fourth-order valence-electron chi connectivity index (χ4n) is 5.19. The highest BCUT2D eigenvalue weighted by molar-refractivity contribution is 5.89. The van der Waals surface area contributed by atoms with Gasteiger partial charge in [-0.3, -0.25) is 9.97 Å². The zero-order valence-electron chi connectivity index (χ0n) is 23.4. The van der Waals surface area contributed by atoms with Crippen molar-refractivity contribution in [1.29, 1.82) is 0 Å². The lowest BCUT2D eigenvalue weighted by atomic mass is 9.87. The Morgan fingerprint density at radius 3 is 1.32 bits per heavy atom. The summed E-state index contributed by atoms with van der Waals surface area (Å²) in [6.45, 7) is 9.51. The summed E-state index contributed by atoms with van der Waals surface area (Å²) in [5.74, 6) is 1.41. The molecule has 2 aliphatic rings. The third-order valence-electron chi connectivity index (χ3n) is 7.78. The Balaban J connectivity index is 1.26. The van der Waals surface area contributed by atoms with Crippen molar-refractivity contribution in [2.75, 3.05) is 13.2 Å². The zero-order valence-corrected chi connectivity index (χ0v) is 23.4. The minimum atomic E-state index is -0.491. The maximum absolute atomic E-state index is 6.11. The Labute approximate surface area is 235 Å². The third kappa shape index (κ3) is 4.90. The summed E-state index contributed by atoms with van der Waals surface area (Å²) in [5, 5.41) is 0. The van der Waals surface area contributed by atoms with E-state index in [0.717, 1.165) is 33.9 Å². The van der Waals surface area contributed by atoms with Crippen LogP contribution in [0.4, 0.5) is 0 Å². The molecule has 0 amide bonds. The number of rotatable bonds is 7. The van der Waals surface area contributed by atoms with Gasteiger partial charge in [-0.25, -0.2) is 9.98 Å². The highest BCUT2D eigenvalue weighted by atomic mass is 16.5. The summed E-state index contributed by atoms with van der Waals surface area (Å²) in [5.41, 5.74) is 4.71. The summed E-state index contributed by atoms with van der Waals surface area (Å²) < 4.78 is 12.2. The number of ether oxygens (including phenoxy) is 2. The second-order valence-electron chi connectivity index (χ2n) is 11.4. The Bertz CT molecular complexity index is 1440. The molecule has 0 bridgehead atoms. The monoisotopic (exact) mass is 530 g/mol. The first kappa shape index (κ1) is 25.9. The van der Waals surface area contributed by atoms with E-state index in [1.54, 1.807) is 0 Å². The average molecular weight is 531 g/mol. The van der Waals surface area contributed by atoms with Crippen LogP contribution in [0.1, 0.15) is 62.3 Å². The number of hydrogen-bond donors (Lipinski definition) is 0. The molecule has 0 radical (unpaired) electrons. The van der Waals surface area contributed by atoms with Crippen molar-refractivity contribution in [3.63, 3.8) is 0 Å². The highest BCUT2D eigenvalue weighted by Gasteiger charge is 2.37. The molecule has 0 saturated heterocycles. The highest BCUT2D eigenvalue weighted by Crippen LogP contribution is 2.35. The van der Waals surface area contributed by atoms with Crippen LogP contribution in [-0.4, -0.2) is 35.0 Å². The van der Waals surface area contributed by atoms with Crippen molar-refractivity contribution in [2.45, 2.75) is 50.6 Å². The van der Waals surface area contributed by atoms with Gasteiger partial charge in [-0.2, -0.15) is 0 Å². The van der Waals surface area contributed by atoms with Gasteiger partial charge < -0.3 is 9.47 Å². The first-order chi connectivity index (χ1) is 19.3.